The molecule has 1 aromatic carbocycles. The standard InChI is InChI=1S/C17H19ClN2O4S2/c1-11(2)20-26(23,24)13-5-3-12(4-6-13)19-17(22)10-7-14(21)15-8-9-16(18)25-15/h3-6,8-9,11,20H,7,10H2,1-2H3,(H,19,22). The number of amides is 1. The summed E-state index contributed by atoms with van der Waals surface area (Å²) >= 11 is 6.97. The number of halogens is 1. The van der Waals surface area contributed by atoms with E-state index in [2.05, 4.69) is 10.0 Å². The Morgan fingerprint density at radius 1 is 1.08 bits per heavy atom. The molecule has 1 heterocycles. The Balaban J connectivity index is 1.90. The molecule has 0 saturated carbocycles. The third-order valence-electron chi connectivity index (χ3n) is 3.27. The lowest BCUT2D eigenvalue weighted by Crippen LogP contribution is -2.30. The van der Waals surface area contributed by atoms with Gasteiger partial charge in [-0.25, -0.2) is 13.1 Å². The third kappa shape index (κ3) is 5.91. The molecule has 26 heavy (non-hydrogen) atoms. The van der Waals surface area contributed by atoms with Gasteiger partial charge in [0.05, 0.1) is 14.1 Å². The maximum absolute atomic E-state index is 12.0. The Bertz CT molecular complexity index is 890. The number of nitrogens with one attached hydrogen (secondary N) is 2. The normalized spacial score (nSPS) is 11.5. The summed E-state index contributed by atoms with van der Waals surface area (Å²) in [4.78, 5) is 24.6. The van der Waals surface area contributed by atoms with Gasteiger partial charge < -0.3 is 5.32 Å². The van der Waals surface area contributed by atoms with Crippen LogP contribution in [-0.2, 0) is 14.8 Å². The lowest BCUT2D eigenvalue weighted by Gasteiger charge is -2.10. The number of carbonyl (C=O) groups is 2. The van der Waals surface area contributed by atoms with Gasteiger partial charge in [0.25, 0.3) is 0 Å². The minimum absolute atomic E-state index is 0.0311. The average Bonchev–Trinajstić information content (AvgIpc) is 2.98. The first-order valence-corrected chi connectivity index (χ1v) is 10.6. The topological polar surface area (TPSA) is 92.3 Å². The van der Waals surface area contributed by atoms with Crippen molar-refractivity contribution in [3.05, 3.63) is 45.6 Å². The van der Waals surface area contributed by atoms with Gasteiger partial charge in [0.15, 0.2) is 5.78 Å². The molecule has 140 valence electrons. The number of hydrogen-bond donors (Lipinski definition) is 2. The largest absolute Gasteiger partial charge is 0.326 e. The van der Waals surface area contributed by atoms with Gasteiger partial charge in [-0.3, -0.25) is 9.59 Å². The molecule has 0 fully saturated rings. The summed E-state index contributed by atoms with van der Waals surface area (Å²) in [6.07, 6.45) is 0.108. The van der Waals surface area contributed by atoms with Crippen LogP contribution in [0, 0.1) is 0 Å². The summed E-state index contributed by atoms with van der Waals surface area (Å²) < 4.78 is 27.1. The Hall–Kier alpha value is -1.74. The van der Waals surface area contributed by atoms with E-state index in [0.29, 0.717) is 14.9 Å². The number of rotatable bonds is 8. The third-order valence-corrected chi connectivity index (χ3v) is 6.21. The van der Waals surface area contributed by atoms with Crippen LogP contribution in [0.15, 0.2) is 41.3 Å². The van der Waals surface area contributed by atoms with Crippen LogP contribution < -0.4 is 10.0 Å². The van der Waals surface area contributed by atoms with E-state index in [1.165, 1.54) is 35.6 Å². The van der Waals surface area contributed by atoms with Gasteiger partial charge in [-0.2, -0.15) is 0 Å². The van der Waals surface area contributed by atoms with Crippen LogP contribution in [0.1, 0.15) is 36.4 Å². The molecule has 0 aliphatic heterocycles. The zero-order chi connectivity index (χ0) is 19.3. The first kappa shape index (κ1) is 20.6. The molecular formula is C17H19ClN2O4S2. The zero-order valence-electron chi connectivity index (χ0n) is 14.3. The average molecular weight is 415 g/mol. The molecule has 6 nitrogen and oxygen atoms in total. The summed E-state index contributed by atoms with van der Waals surface area (Å²) in [5.74, 6) is -0.463. The molecular weight excluding hydrogens is 396 g/mol. The molecule has 2 N–H and O–H groups in total. The van der Waals surface area contributed by atoms with Crippen molar-refractivity contribution in [1.29, 1.82) is 0 Å². The van der Waals surface area contributed by atoms with Gasteiger partial charge in [0.1, 0.15) is 0 Å². The van der Waals surface area contributed by atoms with Crippen molar-refractivity contribution in [2.45, 2.75) is 37.6 Å². The highest BCUT2D eigenvalue weighted by Gasteiger charge is 2.15. The van der Waals surface area contributed by atoms with Crippen molar-refractivity contribution < 1.29 is 18.0 Å². The number of Topliss-reactive ketones (excluding diaryl/α,β-unsaturated/α-hetero) is 1. The molecule has 0 spiro atoms. The van der Waals surface area contributed by atoms with Crippen molar-refractivity contribution in [3.8, 4) is 0 Å². The SMILES string of the molecule is CC(C)NS(=O)(=O)c1ccc(NC(=O)CCC(=O)c2ccc(Cl)s2)cc1. The maximum Gasteiger partial charge on any atom is 0.240 e. The lowest BCUT2D eigenvalue weighted by molar-refractivity contribution is -0.116. The molecule has 9 heteroatoms. The first-order chi connectivity index (χ1) is 12.2. The first-order valence-electron chi connectivity index (χ1n) is 7.88. The van der Waals surface area contributed by atoms with E-state index >= 15 is 0 Å². The minimum Gasteiger partial charge on any atom is -0.326 e. The van der Waals surface area contributed by atoms with Crippen LogP contribution in [0.25, 0.3) is 0 Å². The molecule has 2 aromatic rings. The van der Waals surface area contributed by atoms with Crippen LogP contribution in [0.5, 0.6) is 0 Å². The van der Waals surface area contributed by atoms with Crippen LogP contribution in [0.2, 0.25) is 4.34 Å². The lowest BCUT2D eigenvalue weighted by atomic mass is 10.2. The summed E-state index contributed by atoms with van der Waals surface area (Å²) in [5, 5.41) is 2.64. The summed E-state index contributed by atoms with van der Waals surface area (Å²) in [7, 11) is -3.57. The van der Waals surface area contributed by atoms with Crippen molar-refractivity contribution in [3.63, 3.8) is 0 Å². The Kier molecular flexibility index (Phi) is 6.94. The smallest absolute Gasteiger partial charge is 0.240 e. The fraction of sp³-hybridized carbons (Fsp3) is 0.294. The Labute approximate surface area is 161 Å². The van der Waals surface area contributed by atoms with Gasteiger partial charge in [-0.15, -0.1) is 11.3 Å². The van der Waals surface area contributed by atoms with Gasteiger partial charge in [0.2, 0.25) is 15.9 Å². The monoisotopic (exact) mass is 414 g/mol. The number of benzene rings is 1. The summed E-state index contributed by atoms with van der Waals surface area (Å²) in [5.41, 5.74) is 0.463. The number of ketones is 1. The fourth-order valence-electron chi connectivity index (χ4n) is 2.13. The molecule has 0 unspecified atom stereocenters. The highest BCUT2D eigenvalue weighted by atomic mass is 35.5. The molecule has 0 atom stereocenters. The molecule has 0 aliphatic carbocycles. The molecule has 0 radical (unpaired) electrons. The van der Waals surface area contributed by atoms with Gasteiger partial charge in [-0.1, -0.05) is 11.6 Å². The van der Waals surface area contributed by atoms with Crippen molar-refractivity contribution in [2.24, 2.45) is 0 Å². The van der Waals surface area contributed by atoms with Crippen LogP contribution in [-0.4, -0.2) is 26.2 Å². The van der Waals surface area contributed by atoms with Gasteiger partial charge in [-0.05, 0) is 50.2 Å². The molecule has 0 saturated heterocycles. The van der Waals surface area contributed by atoms with E-state index < -0.39 is 10.0 Å². The van der Waals surface area contributed by atoms with E-state index in [0.717, 1.165) is 0 Å². The highest BCUT2D eigenvalue weighted by molar-refractivity contribution is 7.89. The highest BCUT2D eigenvalue weighted by Crippen LogP contribution is 2.23. The van der Waals surface area contributed by atoms with E-state index in [-0.39, 0.29) is 35.5 Å². The summed E-state index contributed by atoms with van der Waals surface area (Å²) in [6, 6.07) is 8.91. The molecule has 0 bridgehead atoms. The number of thiophene rings is 1. The number of carbonyl (C=O) groups excluding carboxylic acids is 2. The fourth-order valence-corrected chi connectivity index (χ4v) is 4.40. The summed E-state index contributed by atoms with van der Waals surface area (Å²) in [6.45, 7) is 3.47. The number of sulfonamides is 1. The van der Waals surface area contributed by atoms with Gasteiger partial charge >= 0.3 is 0 Å². The van der Waals surface area contributed by atoms with Crippen molar-refractivity contribution in [2.75, 3.05) is 5.32 Å². The van der Waals surface area contributed by atoms with E-state index in [1.807, 2.05) is 0 Å². The number of hydrogen-bond acceptors (Lipinski definition) is 5. The van der Waals surface area contributed by atoms with Crippen LogP contribution in [0.4, 0.5) is 5.69 Å². The quantitative estimate of drug-likeness (QED) is 0.644. The second-order valence-electron chi connectivity index (χ2n) is 5.88. The molecule has 0 aliphatic rings. The minimum atomic E-state index is -3.57. The maximum atomic E-state index is 12.0. The van der Waals surface area contributed by atoms with Crippen molar-refractivity contribution >= 4 is 50.3 Å². The molecule has 1 aromatic heterocycles. The molecule has 2 rings (SSSR count). The second kappa shape index (κ2) is 8.77. The van der Waals surface area contributed by atoms with E-state index in [4.69, 9.17) is 11.6 Å². The number of anilines is 1. The van der Waals surface area contributed by atoms with E-state index in [9.17, 15) is 18.0 Å². The Morgan fingerprint density at radius 2 is 1.73 bits per heavy atom. The predicted octanol–water partition coefficient (Wildman–Crippen LogP) is 3.69. The van der Waals surface area contributed by atoms with Crippen molar-refractivity contribution in [1.82, 2.24) is 4.72 Å². The zero-order valence-corrected chi connectivity index (χ0v) is 16.7. The van der Waals surface area contributed by atoms with Crippen LogP contribution >= 0.6 is 22.9 Å². The van der Waals surface area contributed by atoms with Crippen LogP contribution in [0.3, 0.4) is 0 Å². The molecule has 1 amide bonds. The second-order valence-corrected chi connectivity index (χ2v) is 9.30. The van der Waals surface area contributed by atoms with Gasteiger partial charge in [0, 0.05) is 24.6 Å². The predicted molar refractivity (Wildman–Crippen MR) is 103 cm³/mol. The Morgan fingerprint density at radius 3 is 2.27 bits per heavy atom. The van der Waals surface area contributed by atoms with E-state index in [1.54, 1.807) is 26.0 Å².